The minimum absolute atomic E-state index is 0.0674. The van der Waals surface area contributed by atoms with Crippen molar-refractivity contribution in [1.29, 1.82) is 0 Å². The number of halogens is 1. The summed E-state index contributed by atoms with van der Waals surface area (Å²) in [7, 11) is 0. The summed E-state index contributed by atoms with van der Waals surface area (Å²) < 4.78 is 5.29. The highest BCUT2D eigenvalue weighted by Gasteiger charge is 2.31. The van der Waals surface area contributed by atoms with Gasteiger partial charge in [0.15, 0.2) is 0 Å². The van der Waals surface area contributed by atoms with E-state index < -0.39 is 5.56 Å². The predicted molar refractivity (Wildman–Crippen MR) is 82.2 cm³/mol. The smallest absolute Gasteiger partial charge is 0.285 e. The first-order chi connectivity index (χ1) is 10.7. The number of hydrogen-bond acceptors (Lipinski definition) is 5. The number of rotatable bonds is 2. The number of aromatic amines is 1. The van der Waals surface area contributed by atoms with Crippen molar-refractivity contribution in [3.63, 3.8) is 0 Å². The maximum absolute atomic E-state index is 12.6. The molecule has 2 fully saturated rings. The molecule has 3 heterocycles. The van der Waals surface area contributed by atoms with E-state index >= 15 is 0 Å². The third-order valence-corrected chi connectivity index (χ3v) is 4.58. The largest absolute Gasteiger partial charge is 0.378 e. The average molecular weight is 327 g/mol. The van der Waals surface area contributed by atoms with Gasteiger partial charge in [0.05, 0.1) is 31.0 Å². The van der Waals surface area contributed by atoms with E-state index in [-0.39, 0.29) is 16.8 Å². The monoisotopic (exact) mass is 326 g/mol. The lowest BCUT2D eigenvalue weighted by molar-refractivity contribution is -0.139. The number of piperidine rings is 1. The van der Waals surface area contributed by atoms with Crippen LogP contribution in [0, 0.1) is 5.92 Å². The summed E-state index contributed by atoms with van der Waals surface area (Å²) in [4.78, 5) is 28.0. The zero-order valence-corrected chi connectivity index (χ0v) is 13.0. The number of carbonyl (C=O) groups excluding carboxylic acids is 1. The molecule has 1 N–H and O–H groups in total. The molecule has 7 nitrogen and oxygen atoms in total. The van der Waals surface area contributed by atoms with Gasteiger partial charge < -0.3 is 14.5 Å². The van der Waals surface area contributed by atoms with E-state index in [0.717, 1.165) is 19.4 Å². The number of nitrogens with zero attached hydrogens (tertiary/aromatic N) is 3. The van der Waals surface area contributed by atoms with Crippen LogP contribution in [-0.4, -0.2) is 60.4 Å². The van der Waals surface area contributed by atoms with Crippen LogP contribution in [-0.2, 0) is 9.53 Å². The SMILES string of the molecule is O=C(C1CCCN(c2cn[nH]c(=O)c2Cl)C1)N1CCOCC1. The van der Waals surface area contributed by atoms with Gasteiger partial charge in [-0.15, -0.1) is 0 Å². The van der Waals surface area contributed by atoms with E-state index in [1.807, 2.05) is 9.80 Å². The van der Waals surface area contributed by atoms with Crippen LogP contribution in [0.2, 0.25) is 5.02 Å². The molecule has 0 radical (unpaired) electrons. The van der Waals surface area contributed by atoms with Gasteiger partial charge in [-0.3, -0.25) is 9.59 Å². The lowest BCUT2D eigenvalue weighted by Crippen LogP contribution is -2.48. The minimum atomic E-state index is -0.402. The predicted octanol–water partition coefficient (Wildman–Crippen LogP) is 0.498. The Morgan fingerprint density at radius 3 is 2.91 bits per heavy atom. The highest BCUT2D eigenvalue weighted by atomic mass is 35.5. The summed E-state index contributed by atoms with van der Waals surface area (Å²) in [6.45, 7) is 3.86. The van der Waals surface area contributed by atoms with Gasteiger partial charge in [0.2, 0.25) is 5.91 Å². The van der Waals surface area contributed by atoms with E-state index in [1.54, 1.807) is 6.20 Å². The third kappa shape index (κ3) is 3.10. The van der Waals surface area contributed by atoms with E-state index in [4.69, 9.17) is 16.3 Å². The van der Waals surface area contributed by atoms with Gasteiger partial charge in [-0.05, 0) is 12.8 Å². The van der Waals surface area contributed by atoms with Crippen molar-refractivity contribution in [2.75, 3.05) is 44.3 Å². The lowest BCUT2D eigenvalue weighted by Gasteiger charge is -2.37. The summed E-state index contributed by atoms with van der Waals surface area (Å²) in [5, 5.41) is 6.25. The van der Waals surface area contributed by atoms with Crippen molar-refractivity contribution in [2.24, 2.45) is 5.92 Å². The molecule has 0 spiro atoms. The van der Waals surface area contributed by atoms with Crippen LogP contribution in [0.3, 0.4) is 0 Å². The molecule has 1 amide bonds. The Kier molecular flexibility index (Phi) is 4.63. The standard InChI is InChI=1S/C14H19ClN4O3/c15-12-11(8-16-17-13(12)20)19-3-1-2-10(9-19)14(21)18-4-6-22-7-5-18/h8,10H,1-7,9H2,(H,17,20). The maximum Gasteiger partial charge on any atom is 0.285 e. The molecule has 0 aromatic carbocycles. The first-order valence-corrected chi connectivity index (χ1v) is 7.89. The number of hydrogen-bond donors (Lipinski definition) is 1. The second kappa shape index (κ2) is 6.66. The summed E-state index contributed by atoms with van der Waals surface area (Å²) in [6.07, 6.45) is 3.30. The number of nitrogens with one attached hydrogen (secondary N) is 1. The number of amides is 1. The molecule has 1 aromatic heterocycles. The summed E-state index contributed by atoms with van der Waals surface area (Å²) in [5.74, 6) is 0.101. The zero-order valence-electron chi connectivity index (χ0n) is 12.3. The number of anilines is 1. The van der Waals surface area contributed by atoms with Crippen molar-refractivity contribution in [2.45, 2.75) is 12.8 Å². The van der Waals surface area contributed by atoms with Crippen LogP contribution in [0.25, 0.3) is 0 Å². The molecular formula is C14H19ClN4O3. The van der Waals surface area contributed by atoms with E-state index in [9.17, 15) is 9.59 Å². The first kappa shape index (κ1) is 15.3. The molecule has 120 valence electrons. The Balaban J connectivity index is 1.72. The van der Waals surface area contributed by atoms with Crippen LogP contribution >= 0.6 is 11.6 Å². The number of H-pyrrole nitrogens is 1. The highest BCUT2D eigenvalue weighted by Crippen LogP contribution is 2.27. The maximum atomic E-state index is 12.6. The minimum Gasteiger partial charge on any atom is -0.378 e. The molecule has 8 heteroatoms. The van der Waals surface area contributed by atoms with Gasteiger partial charge in [-0.25, -0.2) is 5.10 Å². The number of aromatic nitrogens is 2. The molecular weight excluding hydrogens is 308 g/mol. The summed E-state index contributed by atoms with van der Waals surface area (Å²) >= 11 is 6.07. The normalized spacial score (nSPS) is 22.7. The zero-order chi connectivity index (χ0) is 15.5. The fourth-order valence-electron chi connectivity index (χ4n) is 3.03. The third-order valence-electron chi connectivity index (χ3n) is 4.21. The molecule has 0 saturated carbocycles. The van der Waals surface area contributed by atoms with Gasteiger partial charge in [0.25, 0.3) is 5.56 Å². The Bertz CT molecular complexity index is 600. The highest BCUT2D eigenvalue weighted by molar-refractivity contribution is 6.33. The van der Waals surface area contributed by atoms with Crippen molar-refractivity contribution < 1.29 is 9.53 Å². The quantitative estimate of drug-likeness (QED) is 0.856. The topological polar surface area (TPSA) is 78.5 Å². The second-order valence-corrected chi connectivity index (χ2v) is 6.00. The van der Waals surface area contributed by atoms with E-state index in [1.165, 1.54) is 0 Å². The molecule has 1 atom stereocenters. The van der Waals surface area contributed by atoms with E-state index in [2.05, 4.69) is 10.2 Å². The van der Waals surface area contributed by atoms with Crippen molar-refractivity contribution in [3.8, 4) is 0 Å². The first-order valence-electron chi connectivity index (χ1n) is 7.51. The second-order valence-electron chi connectivity index (χ2n) is 5.62. The molecule has 3 rings (SSSR count). The average Bonchev–Trinajstić information content (AvgIpc) is 2.57. The van der Waals surface area contributed by atoms with Crippen LogP contribution in [0.5, 0.6) is 0 Å². The van der Waals surface area contributed by atoms with Crippen LogP contribution < -0.4 is 10.5 Å². The molecule has 0 bridgehead atoms. The molecule has 2 aliphatic rings. The summed E-state index contributed by atoms with van der Waals surface area (Å²) in [5.41, 5.74) is 0.200. The number of ether oxygens (including phenoxy) is 1. The Hall–Kier alpha value is -1.60. The fraction of sp³-hybridized carbons (Fsp3) is 0.643. The van der Waals surface area contributed by atoms with Crippen LogP contribution in [0.4, 0.5) is 5.69 Å². The van der Waals surface area contributed by atoms with Crippen LogP contribution in [0.15, 0.2) is 11.0 Å². The number of carbonyl (C=O) groups is 1. The fourth-order valence-corrected chi connectivity index (χ4v) is 3.24. The lowest BCUT2D eigenvalue weighted by atomic mass is 9.96. The Morgan fingerprint density at radius 2 is 2.14 bits per heavy atom. The van der Waals surface area contributed by atoms with Gasteiger partial charge >= 0.3 is 0 Å². The molecule has 0 aliphatic carbocycles. The Morgan fingerprint density at radius 1 is 1.36 bits per heavy atom. The molecule has 2 saturated heterocycles. The van der Waals surface area contributed by atoms with Crippen molar-refractivity contribution in [3.05, 3.63) is 21.6 Å². The number of morpholine rings is 1. The van der Waals surface area contributed by atoms with Crippen LogP contribution in [0.1, 0.15) is 12.8 Å². The van der Waals surface area contributed by atoms with Gasteiger partial charge in [0, 0.05) is 26.2 Å². The van der Waals surface area contributed by atoms with E-state index in [0.29, 0.717) is 38.5 Å². The Labute approximate surface area is 133 Å². The molecule has 2 aliphatic heterocycles. The molecule has 1 aromatic rings. The van der Waals surface area contributed by atoms with Crippen molar-refractivity contribution in [1.82, 2.24) is 15.1 Å². The summed E-state index contributed by atoms with van der Waals surface area (Å²) in [6, 6.07) is 0. The van der Waals surface area contributed by atoms with Gasteiger partial charge in [-0.2, -0.15) is 5.10 Å². The molecule has 1 unspecified atom stereocenters. The molecule has 22 heavy (non-hydrogen) atoms. The van der Waals surface area contributed by atoms with Gasteiger partial charge in [-0.1, -0.05) is 11.6 Å². The van der Waals surface area contributed by atoms with Gasteiger partial charge in [0.1, 0.15) is 5.02 Å². The van der Waals surface area contributed by atoms with Crippen molar-refractivity contribution >= 4 is 23.2 Å².